The van der Waals surface area contributed by atoms with Crippen LogP contribution in [0.4, 0.5) is 4.79 Å². The van der Waals surface area contributed by atoms with Gasteiger partial charge in [-0.25, -0.2) is 4.79 Å². The topological polar surface area (TPSA) is 60.9 Å². The quantitative estimate of drug-likeness (QED) is 0.812. The van der Waals surface area contributed by atoms with Crippen LogP contribution in [0.25, 0.3) is 0 Å². The van der Waals surface area contributed by atoms with Gasteiger partial charge in [0.15, 0.2) is 0 Å². The van der Waals surface area contributed by atoms with E-state index >= 15 is 0 Å². The third-order valence-corrected chi connectivity index (χ3v) is 4.33. The van der Waals surface area contributed by atoms with E-state index in [1.807, 2.05) is 11.8 Å². The summed E-state index contributed by atoms with van der Waals surface area (Å²) < 4.78 is 0. The predicted octanol–water partition coefficient (Wildman–Crippen LogP) is 1.49. The van der Waals surface area contributed by atoms with Gasteiger partial charge in [0.2, 0.25) is 0 Å². The highest BCUT2D eigenvalue weighted by Crippen LogP contribution is 2.26. The molecule has 2 aliphatic heterocycles. The van der Waals surface area contributed by atoms with Crippen LogP contribution in [0, 0.1) is 17.8 Å². The van der Waals surface area contributed by atoms with Crippen LogP contribution in [0.5, 0.6) is 0 Å². The van der Waals surface area contributed by atoms with E-state index < -0.39 is 11.9 Å². The van der Waals surface area contributed by atoms with E-state index in [1.54, 1.807) is 4.90 Å². The first-order valence-corrected chi connectivity index (χ1v) is 6.79. The van der Waals surface area contributed by atoms with Crippen molar-refractivity contribution in [3.63, 3.8) is 0 Å². The second-order valence-corrected chi connectivity index (χ2v) is 5.62. The van der Waals surface area contributed by atoms with Crippen LogP contribution in [0.15, 0.2) is 0 Å². The summed E-state index contributed by atoms with van der Waals surface area (Å²) in [5.41, 5.74) is 0. The average Bonchev–Trinajstić information content (AvgIpc) is 2.94. The smallest absolute Gasteiger partial charge is 0.320 e. The number of nitrogens with zero attached hydrogens (tertiary/aromatic N) is 2. The Morgan fingerprint density at radius 3 is 2.44 bits per heavy atom. The van der Waals surface area contributed by atoms with Crippen molar-refractivity contribution in [1.82, 2.24) is 9.80 Å². The maximum Gasteiger partial charge on any atom is 0.320 e. The van der Waals surface area contributed by atoms with Gasteiger partial charge in [-0.2, -0.15) is 0 Å². The Hall–Kier alpha value is -1.26. The minimum Gasteiger partial charge on any atom is -0.481 e. The first-order valence-electron chi connectivity index (χ1n) is 6.79. The standard InChI is InChI=1S/C13H22N2O3/c1-3-10-4-5-14(7-10)13(18)15-6-9(2)11(8-15)12(16)17/h9-11H,3-8H2,1-2H3,(H,16,17). The molecule has 0 bridgehead atoms. The summed E-state index contributed by atoms with van der Waals surface area (Å²) in [6.07, 6.45) is 2.19. The summed E-state index contributed by atoms with van der Waals surface area (Å²) in [4.78, 5) is 26.9. The van der Waals surface area contributed by atoms with Crippen molar-refractivity contribution < 1.29 is 14.7 Å². The fraction of sp³-hybridized carbons (Fsp3) is 0.846. The Kier molecular flexibility index (Phi) is 3.78. The van der Waals surface area contributed by atoms with Crippen molar-refractivity contribution in [3.8, 4) is 0 Å². The number of rotatable bonds is 2. The van der Waals surface area contributed by atoms with Crippen LogP contribution >= 0.6 is 0 Å². The third kappa shape index (κ3) is 2.44. The van der Waals surface area contributed by atoms with Crippen LogP contribution in [-0.2, 0) is 4.79 Å². The molecule has 0 aliphatic carbocycles. The zero-order chi connectivity index (χ0) is 13.3. The Bertz CT molecular complexity index is 345. The van der Waals surface area contributed by atoms with E-state index in [9.17, 15) is 9.59 Å². The highest BCUT2D eigenvalue weighted by molar-refractivity contribution is 5.78. The molecule has 2 aliphatic rings. The van der Waals surface area contributed by atoms with Crippen LogP contribution in [-0.4, -0.2) is 53.1 Å². The number of carbonyl (C=O) groups excluding carboxylic acids is 1. The van der Waals surface area contributed by atoms with Gasteiger partial charge in [-0.05, 0) is 18.3 Å². The molecular formula is C13H22N2O3. The molecule has 2 heterocycles. The van der Waals surface area contributed by atoms with Crippen LogP contribution < -0.4 is 0 Å². The number of amides is 2. The van der Waals surface area contributed by atoms with E-state index in [0.29, 0.717) is 19.0 Å². The lowest BCUT2D eigenvalue weighted by molar-refractivity contribution is -0.142. The molecule has 0 aromatic heterocycles. The van der Waals surface area contributed by atoms with Crippen molar-refractivity contribution in [3.05, 3.63) is 0 Å². The van der Waals surface area contributed by atoms with Crippen LogP contribution in [0.3, 0.4) is 0 Å². The molecule has 2 rings (SSSR count). The molecule has 0 aromatic rings. The van der Waals surface area contributed by atoms with E-state index in [2.05, 4.69) is 6.92 Å². The van der Waals surface area contributed by atoms with E-state index in [-0.39, 0.29) is 11.9 Å². The molecule has 3 unspecified atom stereocenters. The van der Waals surface area contributed by atoms with Gasteiger partial charge in [-0.15, -0.1) is 0 Å². The summed E-state index contributed by atoms with van der Waals surface area (Å²) in [6.45, 7) is 6.64. The SMILES string of the molecule is CCC1CCN(C(=O)N2CC(C)C(C(=O)O)C2)C1. The van der Waals surface area contributed by atoms with Gasteiger partial charge in [-0.3, -0.25) is 4.79 Å². The number of hydrogen-bond donors (Lipinski definition) is 1. The van der Waals surface area contributed by atoms with Crippen LogP contribution in [0.2, 0.25) is 0 Å². The van der Waals surface area contributed by atoms with Gasteiger partial charge in [0.1, 0.15) is 0 Å². The van der Waals surface area contributed by atoms with E-state index in [1.165, 1.54) is 0 Å². The van der Waals surface area contributed by atoms with Gasteiger partial charge in [0.25, 0.3) is 0 Å². The molecule has 1 N–H and O–H groups in total. The highest BCUT2D eigenvalue weighted by atomic mass is 16.4. The Morgan fingerprint density at radius 1 is 1.22 bits per heavy atom. The maximum atomic E-state index is 12.3. The third-order valence-electron chi connectivity index (χ3n) is 4.33. The number of aliphatic carboxylic acids is 1. The lowest BCUT2D eigenvalue weighted by Gasteiger charge is -2.24. The molecule has 2 amide bonds. The number of likely N-dealkylation sites (tertiary alicyclic amines) is 2. The number of carbonyl (C=O) groups is 2. The van der Waals surface area contributed by atoms with Gasteiger partial charge in [-0.1, -0.05) is 20.3 Å². The molecule has 5 nitrogen and oxygen atoms in total. The van der Waals surface area contributed by atoms with E-state index in [4.69, 9.17) is 5.11 Å². The molecule has 102 valence electrons. The molecule has 0 radical (unpaired) electrons. The normalized spacial score (nSPS) is 32.0. The van der Waals surface area contributed by atoms with Crippen molar-refractivity contribution in [2.45, 2.75) is 26.7 Å². The fourth-order valence-electron chi connectivity index (χ4n) is 2.98. The van der Waals surface area contributed by atoms with Gasteiger partial charge >= 0.3 is 12.0 Å². The second kappa shape index (κ2) is 5.16. The van der Waals surface area contributed by atoms with Crippen molar-refractivity contribution in [1.29, 1.82) is 0 Å². The first kappa shape index (κ1) is 13.2. The van der Waals surface area contributed by atoms with Gasteiger partial charge < -0.3 is 14.9 Å². The number of carboxylic acids is 1. The lowest BCUT2D eigenvalue weighted by Crippen LogP contribution is -2.41. The van der Waals surface area contributed by atoms with Crippen molar-refractivity contribution in [2.75, 3.05) is 26.2 Å². The molecule has 0 aromatic carbocycles. The van der Waals surface area contributed by atoms with Crippen molar-refractivity contribution in [2.24, 2.45) is 17.8 Å². The minimum atomic E-state index is -0.786. The molecule has 3 atom stereocenters. The molecule has 0 saturated carbocycles. The summed E-state index contributed by atoms with van der Waals surface area (Å²) in [5.74, 6) is -0.524. The maximum absolute atomic E-state index is 12.3. The number of urea groups is 1. The minimum absolute atomic E-state index is 0.0292. The summed E-state index contributed by atoms with van der Waals surface area (Å²) in [5, 5.41) is 9.08. The van der Waals surface area contributed by atoms with E-state index in [0.717, 1.165) is 25.9 Å². The summed E-state index contributed by atoms with van der Waals surface area (Å²) in [6, 6.07) is 0.0292. The fourth-order valence-corrected chi connectivity index (χ4v) is 2.98. The largest absolute Gasteiger partial charge is 0.481 e. The average molecular weight is 254 g/mol. The highest BCUT2D eigenvalue weighted by Gasteiger charge is 2.39. The molecular weight excluding hydrogens is 232 g/mol. The number of carboxylic acid groups (broad SMARTS) is 1. The molecule has 18 heavy (non-hydrogen) atoms. The Morgan fingerprint density at radius 2 is 1.94 bits per heavy atom. The zero-order valence-electron chi connectivity index (χ0n) is 11.1. The molecule has 5 heteroatoms. The summed E-state index contributed by atoms with van der Waals surface area (Å²) >= 11 is 0. The predicted molar refractivity (Wildman–Crippen MR) is 67.2 cm³/mol. The molecule has 2 saturated heterocycles. The van der Waals surface area contributed by atoms with Crippen molar-refractivity contribution >= 4 is 12.0 Å². The number of hydrogen-bond acceptors (Lipinski definition) is 2. The zero-order valence-corrected chi connectivity index (χ0v) is 11.1. The molecule has 2 fully saturated rings. The second-order valence-electron chi connectivity index (χ2n) is 5.62. The lowest BCUT2D eigenvalue weighted by atomic mass is 9.99. The Balaban J connectivity index is 1.93. The Labute approximate surface area is 108 Å². The first-order chi connectivity index (χ1) is 8.52. The van der Waals surface area contributed by atoms with Gasteiger partial charge in [0, 0.05) is 26.2 Å². The van der Waals surface area contributed by atoms with Crippen LogP contribution in [0.1, 0.15) is 26.7 Å². The summed E-state index contributed by atoms with van der Waals surface area (Å²) in [7, 11) is 0. The monoisotopic (exact) mass is 254 g/mol. The van der Waals surface area contributed by atoms with Gasteiger partial charge in [0.05, 0.1) is 5.92 Å². The molecule has 0 spiro atoms.